The minimum atomic E-state index is -3.71. The fourth-order valence-corrected chi connectivity index (χ4v) is 1.97. The topological polar surface area (TPSA) is 77.3 Å². The van der Waals surface area contributed by atoms with Gasteiger partial charge in [0.05, 0.1) is 5.56 Å². The van der Waals surface area contributed by atoms with Crippen LogP contribution in [0.5, 0.6) is 11.5 Å². The normalized spacial score (nSPS) is 15.5. The predicted molar refractivity (Wildman–Crippen MR) is 60.9 cm³/mol. The molecule has 0 unspecified atom stereocenters. The molecule has 0 aliphatic carbocycles. The Morgan fingerprint density at radius 1 is 1.21 bits per heavy atom. The number of amides is 1. The van der Waals surface area contributed by atoms with Crippen molar-refractivity contribution in [3.63, 3.8) is 0 Å². The first-order valence-electron chi connectivity index (χ1n) is 5.34. The van der Waals surface area contributed by atoms with Crippen molar-refractivity contribution in [1.29, 1.82) is 0 Å². The molecule has 3 rings (SSSR count). The number of fused-ring (bicyclic) bond motifs is 1. The Hall–Kier alpha value is -2.57. The van der Waals surface area contributed by atoms with Crippen molar-refractivity contribution < 1.29 is 23.0 Å². The lowest BCUT2D eigenvalue weighted by molar-refractivity contribution is -0.286. The van der Waals surface area contributed by atoms with Crippen LogP contribution in [0.2, 0.25) is 0 Å². The van der Waals surface area contributed by atoms with Crippen LogP contribution in [0, 0.1) is 0 Å². The molecule has 3 N–H and O–H groups in total. The van der Waals surface area contributed by atoms with Crippen LogP contribution in [-0.2, 0) is 0 Å². The highest BCUT2D eigenvalue weighted by Crippen LogP contribution is 2.47. The zero-order valence-corrected chi connectivity index (χ0v) is 9.44. The maximum absolute atomic E-state index is 13.1. The largest absolute Gasteiger partial charge is 0.586 e. The number of carbonyl (C=O) groups is 1. The van der Waals surface area contributed by atoms with Gasteiger partial charge in [0.15, 0.2) is 11.5 Å². The zero-order chi connectivity index (χ0) is 13.6. The van der Waals surface area contributed by atoms with Crippen molar-refractivity contribution in [2.75, 3.05) is 0 Å². The molecular weight excluding hydrogens is 258 g/mol. The highest BCUT2D eigenvalue weighted by molar-refractivity contribution is 6.00. The molecule has 0 spiro atoms. The summed E-state index contributed by atoms with van der Waals surface area (Å²) in [6.45, 7) is 0. The predicted octanol–water partition coefficient (Wildman–Crippen LogP) is 2.10. The number of ether oxygens (including phenoxy) is 2. The summed E-state index contributed by atoms with van der Waals surface area (Å²) in [6.07, 6.45) is -0.831. The molecule has 0 fully saturated rings. The van der Waals surface area contributed by atoms with Crippen LogP contribution in [0.3, 0.4) is 0 Å². The summed E-state index contributed by atoms with van der Waals surface area (Å²) in [4.78, 5) is 14.0. The number of rotatable bonds is 2. The summed E-state index contributed by atoms with van der Waals surface area (Å²) < 4.78 is 35.0. The van der Waals surface area contributed by atoms with Gasteiger partial charge in [0.25, 0.3) is 5.91 Å². The Morgan fingerprint density at radius 2 is 2.00 bits per heavy atom. The number of aromatic nitrogens is 1. The van der Waals surface area contributed by atoms with Crippen molar-refractivity contribution in [2.24, 2.45) is 5.73 Å². The van der Waals surface area contributed by atoms with Crippen molar-refractivity contribution >= 4 is 5.91 Å². The number of nitrogens with one attached hydrogen (secondary N) is 1. The number of hydrogen-bond donors (Lipinski definition) is 2. The van der Waals surface area contributed by atoms with Crippen LogP contribution in [0.4, 0.5) is 8.78 Å². The number of para-hydroxylation sites is 1. The van der Waals surface area contributed by atoms with Gasteiger partial charge in [0, 0.05) is 23.5 Å². The van der Waals surface area contributed by atoms with Gasteiger partial charge in [-0.2, -0.15) is 0 Å². The summed E-state index contributed by atoms with van der Waals surface area (Å²) in [5, 5.41) is 0. The fourth-order valence-electron chi connectivity index (χ4n) is 1.97. The monoisotopic (exact) mass is 266 g/mol. The molecule has 2 aromatic rings. The number of carbonyl (C=O) groups excluding carboxylic acids is 1. The summed E-state index contributed by atoms with van der Waals surface area (Å²) in [7, 11) is 0. The van der Waals surface area contributed by atoms with E-state index >= 15 is 0 Å². The number of nitrogens with two attached hydrogens (primary N) is 1. The van der Waals surface area contributed by atoms with Crippen LogP contribution in [0.15, 0.2) is 30.6 Å². The SMILES string of the molecule is NC(=O)c1c[nH]cc1-c1cccc2c1OC(F)(F)O2. The van der Waals surface area contributed by atoms with E-state index in [2.05, 4.69) is 14.5 Å². The second-order valence-electron chi connectivity index (χ2n) is 3.95. The number of benzene rings is 1. The number of aromatic amines is 1. The molecule has 0 saturated heterocycles. The minimum Gasteiger partial charge on any atom is -0.395 e. The summed E-state index contributed by atoms with van der Waals surface area (Å²) in [5.41, 5.74) is 6.09. The van der Waals surface area contributed by atoms with Gasteiger partial charge in [0.1, 0.15) is 0 Å². The molecule has 1 aromatic heterocycles. The van der Waals surface area contributed by atoms with Crippen molar-refractivity contribution in [1.82, 2.24) is 4.98 Å². The third kappa shape index (κ3) is 1.79. The minimum absolute atomic E-state index is 0.0841. The van der Waals surface area contributed by atoms with Gasteiger partial charge in [-0.1, -0.05) is 12.1 Å². The van der Waals surface area contributed by atoms with E-state index in [0.717, 1.165) is 0 Å². The quantitative estimate of drug-likeness (QED) is 0.873. The van der Waals surface area contributed by atoms with Crippen LogP contribution in [-0.4, -0.2) is 17.2 Å². The van der Waals surface area contributed by atoms with E-state index in [9.17, 15) is 13.6 Å². The van der Waals surface area contributed by atoms with Gasteiger partial charge >= 0.3 is 6.29 Å². The number of hydrogen-bond acceptors (Lipinski definition) is 3. The van der Waals surface area contributed by atoms with Crippen molar-refractivity contribution in [3.8, 4) is 22.6 Å². The molecule has 19 heavy (non-hydrogen) atoms. The lowest BCUT2D eigenvalue weighted by Gasteiger charge is -2.07. The Kier molecular flexibility index (Phi) is 2.25. The highest BCUT2D eigenvalue weighted by atomic mass is 19.3. The van der Waals surface area contributed by atoms with Crippen LogP contribution in [0.25, 0.3) is 11.1 Å². The lowest BCUT2D eigenvalue weighted by atomic mass is 10.0. The van der Waals surface area contributed by atoms with E-state index in [-0.39, 0.29) is 17.1 Å². The van der Waals surface area contributed by atoms with Crippen molar-refractivity contribution in [2.45, 2.75) is 6.29 Å². The van der Waals surface area contributed by atoms with Crippen LogP contribution >= 0.6 is 0 Å². The van der Waals surface area contributed by atoms with Crippen molar-refractivity contribution in [3.05, 3.63) is 36.2 Å². The molecule has 1 aliphatic rings. The number of halogens is 2. The van der Waals surface area contributed by atoms with Gasteiger partial charge in [-0.15, -0.1) is 8.78 Å². The number of H-pyrrole nitrogens is 1. The lowest BCUT2D eigenvalue weighted by Crippen LogP contribution is -2.26. The molecule has 98 valence electrons. The van der Waals surface area contributed by atoms with Gasteiger partial charge < -0.3 is 20.2 Å². The molecule has 0 radical (unpaired) electrons. The Morgan fingerprint density at radius 3 is 2.74 bits per heavy atom. The summed E-state index contributed by atoms with van der Waals surface area (Å²) in [6, 6.07) is 4.42. The van der Waals surface area contributed by atoms with Gasteiger partial charge in [-0.25, -0.2) is 0 Å². The smallest absolute Gasteiger partial charge is 0.395 e. The van der Waals surface area contributed by atoms with Gasteiger partial charge in [-0.05, 0) is 6.07 Å². The molecule has 0 atom stereocenters. The molecular formula is C12H8F2N2O3. The second kappa shape index (κ2) is 3.71. The summed E-state index contributed by atoms with van der Waals surface area (Å²) in [5.74, 6) is -0.867. The van der Waals surface area contributed by atoms with E-state index in [0.29, 0.717) is 11.1 Å². The third-order valence-electron chi connectivity index (χ3n) is 2.73. The standard InChI is InChI=1S/C12H8F2N2O3/c13-12(14)18-9-3-1-2-6(10(9)19-12)7-4-16-5-8(7)11(15)17/h1-5,16H,(H2,15,17). The molecule has 5 nitrogen and oxygen atoms in total. The first-order valence-corrected chi connectivity index (χ1v) is 5.34. The number of primary amides is 1. The molecule has 2 heterocycles. The molecule has 0 saturated carbocycles. The maximum Gasteiger partial charge on any atom is 0.586 e. The Labute approximate surface area is 105 Å². The maximum atomic E-state index is 13.1. The van der Waals surface area contributed by atoms with E-state index < -0.39 is 12.2 Å². The van der Waals surface area contributed by atoms with Gasteiger partial charge in [0.2, 0.25) is 0 Å². The van der Waals surface area contributed by atoms with Crippen LogP contribution in [0.1, 0.15) is 10.4 Å². The highest BCUT2D eigenvalue weighted by Gasteiger charge is 2.44. The first-order chi connectivity index (χ1) is 8.98. The van der Waals surface area contributed by atoms with E-state index in [1.807, 2.05) is 0 Å². The fraction of sp³-hybridized carbons (Fsp3) is 0.0833. The molecule has 1 aromatic carbocycles. The average Bonchev–Trinajstić information content (AvgIpc) is 2.89. The zero-order valence-electron chi connectivity index (χ0n) is 9.44. The second-order valence-corrected chi connectivity index (χ2v) is 3.95. The number of alkyl halides is 2. The Bertz CT molecular complexity index is 667. The molecule has 1 aliphatic heterocycles. The molecule has 7 heteroatoms. The van der Waals surface area contributed by atoms with Crippen LogP contribution < -0.4 is 15.2 Å². The molecule has 0 bridgehead atoms. The first kappa shape index (κ1) is 11.5. The Balaban J connectivity index is 2.16. The summed E-state index contributed by atoms with van der Waals surface area (Å²) >= 11 is 0. The van der Waals surface area contributed by atoms with E-state index in [1.54, 1.807) is 6.07 Å². The van der Waals surface area contributed by atoms with E-state index in [4.69, 9.17) is 5.73 Å². The van der Waals surface area contributed by atoms with E-state index in [1.165, 1.54) is 24.5 Å². The van der Waals surface area contributed by atoms with Gasteiger partial charge in [-0.3, -0.25) is 4.79 Å². The third-order valence-corrected chi connectivity index (χ3v) is 2.73. The molecule has 1 amide bonds. The average molecular weight is 266 g/mol.